The van der Waals surface area contributed by atoms with Gasteiger partial charge in [0.15, 0.2) is 11.6 Å². The molecular formula is C21H31FN8O2. The number of methoxy groups -OCH3 is 1. The number of hydrogen-bond donors (Lipinski definition) is 3. The Hall–Kier alpha value is -2.76. The highest BCUT2D eigenvalue weighted by molar-refractivity contribution is 5.59. The fraction of sp³-hybridized carbons (Fsp3) is 0.571. The summed E-state index contributed by atoms with van der Waals surface area (Å²) in [6.45, 7) is 3.16. The van der Waals surface area contributed by atoms with Gasteiger partial charge in [0, 0.05) is 25.3 Å². The molecule has 2 atom stereocenters. The van der Waals surface area contributed by atoms with Gasteiger partial charge in [-0.2, -0.15) is 15.0 Å². The van der Waals surface area contributed by atoms with E-state index in [1.165, 1.54) is 30.7 Å². The number of benzene rings is 1. The number of hydrogen-bond acceptors (Lipinski definition) is 10. The summed E-state index contributed by atoms with van der Waals surface area (Å²) in [5.74, 6) is 6.91. The number of anilines is 4. The van der Waals surface area contributed by atoms with Crippen molar-refractivity contribution >= 4 is 23.5 Å². The van der Waals surface area contributed by atoms with Crippen LogP contribution in [0.1, 0.15) is 25.7 Å². The van der Waals surface area contributed by atoms with Gasteiger partial charge < -0.3 is 25.0 Å². The molecule has 2 aliphatic heterocycles. The zero-order valence-corrected chi connectivity index (χ0v) is 18.6. The summed E-state index contributed by atoms with van der Waals surface area (Å²) in [6, 6.07) is 4.97. The number of ether oxygens (including phenoxy) is 2. The molecule has 0 saturated carbocycles. The molecule has 4 rings (SSSR count). The first-order chi connectivity index (χ1) is 15.5. The van der Waals surface area contributed by atoms with Crippen molar-refractivity contribution in [1.29, 1.82) is 0 Å². The quantitative estimate of drug-likeness (QED) is 0.412. The summed E-state index contributed by atoms with van der Waals surface area (Å²) in [5.41, 5.74) is 0.392. The Labute approximate surface area is 187 Å². The Morgan fingerprint density at radius 2 is 2.09 bits per heavy atom. The second kappa shape index (κ2) is 10.2. The monoisotopic (exact) mass is 446 g/mol. The number of nitrogens with zero attached hydrogens (tertiary/aromatic N) is 5. The molecule has 0 amide bonds. The molecule has 2 fully saturated rings. The number of hydrazine groups is 1. The maximum atomic E-state index is 14.2. The lowest BCUT2D eigenvalue weighted by Gasteiger charge is -2.24. The Bertz CT molecular complexity index is 911. The van der Waals surface area contributed by atoms with Gasteiger partial charge in [-0.15, -0.1) is 0 Å². The fourth-order valence-corrected chi connectivity index (χ4v) is 4.02. The molecule has 2 aliphatic rings. The number of nitrogens with two attached hydrogens (primary N) is 1. The van der Waals surface area contributed by atoms with Crippen molar-refractivity contribution in [3.05, 3.63) is 24.0 Å². The lowest BCUT2D eigenvalue weighted by Crippen LogP contribution is -2.34. The zero-order chi connectivity index (χ0) is 22.5. The number of halogens is 1. The SMILES string of the molecule is COc1ccc(N(N)c2nc(NCC3CCCN3C)nc(NC3CCCOC3)n2)cc1F. The number of nitrogens with one attached hydrogen (secondary N) is 2. The van der Waals surface area contributed by atoms with Crippen LogP contribution in [0.15, 0.2) is 18.2 Å². The van der Waals surface area contributed by atoms with Crippen LogP contribution in [0.2, 0.25) is 0 Å². The van der Waals surface area contributed by atoms with Gasteiger partial charge in [0.05, 0.1) is 25.4 Å². The van der Waals surface area contributed by atoms with Crippen molar-refractivity contribution in [3.8, 4) is 5.75 Å². The molecule has 0 radical (unpaired) electrons. The van der Waals surface area contributed by atoms with E-state index in [0.717, 1.165) is 32.4 Å². The highest BCUT2D eigenvalue weighted by Gasteiger charge is 2.22. The van der Waals surface area contributed by atoms with Gasteiger partial charge in [0.25, 0.3) is 5.95 Å². The topological polar surface area (TPSA) is 114 Å². The van der Waals surface area contributed by atoms with Gasteiger partial charge >= 0.3 is 0 Å². The third-order valence-electron chi connectivity index (χ3n) is 5.91. The van der Waals surface area contributed by atoms with E-state index < -0.39 is 5.82 Å². The van der Waals surface area contributed by atoms with Gasteiger partial charge in [-0.3, -0.25) is 0 Å². The van der Waals surface area contributed by atoms with Crippen molar-refractivity contribution in [3.63, 3.8) is 0 Å². The van der Waals surface area contributed by atoms with Crippen LogP contribution in [0.3, 0.4) is 0 Å². The summed E-state index contributed by atoms with van der Waals surface area (Å²) >= 11 is 0. The van der Waals surface area contributed by atoms with Crippen molar-refractivity contribution in [2.45, 2.75) is 37.8 Å². The minimum atomic E-state index is -0.519. The zero-order valence-electron chi connectivity index (χ0n) is 18.6. The van der Waals surface area contributed by atoms with Gasteiger partial charge in [-0.05, 0) is 51.4 Å². The maximum Gasteiger partial charge on any atom is 0.251 e. The lowest BCUT2D eigenvalue weighted by molar-refractivity contribution is 0.0874. The third-order valence-corrected chi connectivity index (χ3v) is 5.91. The Morgan fingerprint density at radius 1 is 1.25 bits per heavy atom. The molecule has 10 nitrogen and oxygen atoms in total. The molecule has 4 N–H and O–H groups in total. The first-order valence-electron chi connectivity index (χ1n) is 11.0. The molecule has 2 unspecified atom stereocenters. The van der Waals surface area contributed by atoms with Crippen LogP contribution in [0.4, 0.5) is 27.9 Å². The van der Waals surface area contributed by atoms with Crippen molar-refractivity contribution < 1.29 is 13.9 Å². The third kappa shape index (κ3) is 5.34. The molecule has 11 heteroatoms. The van der Waals surface area contributed by atoms with E-state index in [-0.39, 0.29) is 17.7 Å². The normalized spacial score (nSPS) is 21.4. The van der Waals surface area contributed by atoms with E-state index in [2.05, 4.69) is 37.5 Å². The minimum absolute atomic E-state index is 0.109. The average Bonchev–Trinajstić information content (AvgIpc) is 3.22. The highest BCUT2D eigenvalue weighted by Crippen LogP contribution is 2.26. The molecule has 0 aliphatic carbocycles. The van der Waals surface area contributed by atoms with Crippen LogP contribution >= 0.6 is 0 Å². The molecule has 0 bridgehead atoms. The fourth-order valence-electron chi connectivity index (χ4n) is 4.02. The standard InChI is InChI=1S/C21H31FN8O2/c1-29-9-3-6-16(29)12-24-19-26-20(25-14-5-4-10-32-13-14)28-21(27-19)30(23)15-7-8-18(31-2)17(22)11-15/h7-8,11,14,16H,3-6,9-10,12-13,23H2,1-2H3,(H2,24,25,26,27,28). The van der Waals surface area contributed by atoms with Crippen LogP contribution in [0.25, 0.3) is 0 Å². The van der Waals surface area contributed by atoms with Crippen LogP contribution in [-0.2, 0) is 4.74 Å². The summed E-state index contributed by atoms with van der Waals surface area (Å²) in [4.78, 5) is 15.8. The van der Waals surface area contributed by atoms with Crippen LogP contribution in [-0.4, -0.2) is 72.4 Å². The second-order valence-corrected chi connectivity index (χ2v) is 8.19. The molecule has 2 saturated heterocycles. The molecule has 32 heavy (non-hydrogen) atoms. The number of aromatic nitrogens is 3. The van der Waals surface area contributed by atoms with Crippen LogP contribution in [0.5, 0.6) is 5.75 Å². The largest absolute Gasteiger partial charge is 0.494 e. The number of rotatable bonds is 8. The van der Waals surface area contributed by atoms with Gasteiger partial charge in [-0.1, -0.05) is 0 Å². The molecule has 1 aromatic carbocycles. The van der Waals surface area contributed by atoms with Crippen molar-refractivity contribution in [2.24, 2.45) is 5.84 Å². The Kier molecular flexibility index (Phi) is 7.18. The van der Waals surface area contributed by atoms with Crippen LogP contribution < -0.4 is 26.2 Å². The molecule has 1 aromatic heterocycles. The summed E-state index contributed by atoms with van der Waals surface area (Å²) in [6.07, 6.45) is 4.25. The summed E-state index contributed by atoms with van der Waals surface area (Å²) in [7, 11) is 3.53. The molecule has 0 spiro atoms. The first kappa shape index (κ1) is 22.4. The van der Waals surface area contributed by atoms with E-state index in [1.807, 2.05) is 0 Å². The van der Waals surface area contributed by atoms with E-state index in [1.54, 1.807) is 6.07 Å². The van der Waals surface area contributed by atoms with Gasteiger partial charge in [0.1, 0.15) is 0 Å². The second-order valence-electron chi connectivity index (χ2n) is 8.19. The summed E-state index contributed by atoms with van der Waals surface area (Å²) < 4.78 is 24.8. The minimum Gasteiger partial charge on any atom is -0.494 e. The lowest BCUT2D eigenvalue weighted by atomic mass is 10.1. The predicted molar refractivity (Wildman–Crippen MR) is 121 cm³/mol. The van der Waals surface area contributed by atoms with Crippen LogP contribution in [0, 0.1) is 5.82 Å². The number of likely N-dealkylation sites (N-methyl/N-ethyl adjacent to an activating group) is 1. The average molecular weight is 447 g/mol. The maximum absolute atomic E-state index is 14.2. The summed E-state index contributed by atoms with van der Waals surface area (Å²) in [5, 5.41) is 7.88. The highest BCUT2D eigenvalue weighted by atomic mass is 19.1. The first-order valence-corrected chi connectivity index (χ1v) is 11.0. The van der Waals surface area contributed by atoms with Gasteiger partial charge in [-0.25, -0.2) is 15.2 Å². The number of likely N-dealkylation sites (tertiary alicyclic amines) is 1. The van der Waals surface area contributed by atoms with E-state index in [4.69, 9.17) is 15.3 Å². The molecule has 3 heterocycles. The van der Waals surface area contributed by atoms with Crippen molar-refractivity contribution in [1.82, 2.24) is 19.9 Å². The molecule has 174 valence electrons. The smallest absolute Gasteiger partial charge is 0.251 e. The molecular weight excluding hydrogens is 415 g/mol. The predicted octanol–water partition coefficient (Wildman–Crippen LogP) is 2.13. The van der Waals surface area contributed by atoms with E-state index >= 15 is 0 Å². The van der Waals surface area contributed by atoms with E-state index in [9.17, 15) is 4.39 Å². The van der Waals surface area contributed by atoms with Crippen molar-refractivity contribution in [2.75, 3.05) is 56.1 Å². The van der Waals surface area contributed by atoms with Gasteiger partial charge in [0.2, 0.25) is 11.9 Å². The molecule has 2 aromatic rings. The Morgan fingerprint density at radius 3 is 2.78 bits per heavy atom. The Balaban J connectivity index is 1.57. The van der Waals surface area contributed by atoms with E-state index in [0.29, 0.717) is 36.8 Å².